The lowest BCUT2D eigenvalue weighted by molar-refractivity contribution is -0.131. The second-order valence-electron chi connectivity index (χ2n) is 4.76. The van der Waals surface area contributed by atoms with Crippen LogP contribution in [0.1, 0.15) is 28.8 Å². The van der Waals surface area contributed by atoms with Crippen LogP contribution in [0.15, 0.2) is 24.3 Å². The number of carboxylic acid groups (broad SMARTS) is 1. The average molecular weight is 309 g/mol. The van der Waals surface area contributed by atoms with E-state index in [-0.39, 0.29) is 5.56 Å². The van der Waals surface area contributed by atoms with Gasteiger partial charge in [-0.15, -0.1) is 0 Å². The van der Waals surface area contributed by atoms with Gasteiger partial charge in [-0.1, -0.05) is 6.07 Å². The number of halogens is 1. The number of carbonyl (C=O) groups is 2. The molecule has 0 bridgehead atoms. The van der Waals surface area contributed by atoms with Gasteiger partial charge in [0.15, 0.2) is 0 Å². The van der Waals surface area contributed by atoms with Crippen LogP contribution >= 0.6 is 11.8 Å². The van der Waals surface area contributed by atoms with Crippen LogP contribution in [0.5, 0.6) is 0 Å². The van der Waals surface area contributed by atoms with Crippen molar-refractivity contribution in [2.24, 2.45) is 0 Å². The van der Waals surface area contributed by atoms with Crippen molar-refractivity contribution in [3.8, 4) is 0 Å². The maximum Gasteiger partial charge on any atom is 0.328 e. The number of thioether (sulfide) groups is 1. The second-order valence-corrected chi connectivity index (χ2v) is 6.16. The van der Waals surface area contributed by atoms with Gasteiger partial charge >= 0.3 is 5.97 Å². The summed E-state index contributed by atoms with van der Waals surface area (Å²) in [6.07, 6.45) is 4.44. The van der Waals surface area contributed by atoms with Gasteiger partial charge < -0.3 is 10.4 Å². The molecule has 1 fully saturated rings. The van der Waals surface area contributed by atoms with Crippen molar-refractivity contribution in [1.29, 1.82) is 0 Å². The minimum Gasteiger partial charge on any atom is -0.478 e. The van der Waals surface area contributed by atoms with Crippen molar-refractivity contribution in [3.63, 3.8) is 0 Å². The molecule has 1 heterocycles. The van der Waals surface area contributed by atoms with Gasteiger partial charge in [-0.2, -0.15) is 11.8 Å². The van der Waals surface area contributed by atoms with Crippen LogP contribution in [0.3, 0.4) is 0 Å². The van der Waals surface area contributed by atoms with Gasteiger partial charge in [0.25, 0.3) is 5.91 Å². The second kappa shape index (κ2) is 7.26. The number of carboxylic acids is 1. The minimum atomic E-state index is -1.11. The summed E-state index contributed by atoms with van der Waals surface area (Å²) in [5, 5.41) is 11.7. The lowest BCUT2D eigenvalue weighted by Gasteiger charge is -2.10. The summed E-state index contributed by atoms with van der Waals surface area (Å²) in [7, 11) is 0. The number of hydrogen-bond donors (Lipinski definition) is 2. The third-order valence-electron chi connectivity index (χ3n) is 3.17. The van der Waals surface area contributed by atoms with Gasteiger partial charge in [-0.05, 0) is 42.4 Å². The Morgan fingerprint density at radius 1 is 1.48 bits per heavy atom. The van der Waals surface area contributed by atoms with Crippen molar-refractivity contribution in [2.45, 2.75) is 18.1 Å². The molecule has 1 aromatic rings. The van der Waals surface area contributed by atoms with Gasteiger partial charge in [0.1, 0.15) is 5.82 Å². The predicted molar refractivity (Wildman–Crippen MR) is 80.9 cm³/mol. The summed E-state index contributed by atoms with van der Waals surface area (Å²) in [6, 6.07) is 4.04. The fourth-order valence-electron chi connectivity index (χ4n) is 2.09. The summed E-state index contributed by atoms with van der Waals surface area (Å²) in [6.45, 7) is 0.545. The van der Waals surface area contributed by atoms with Crippen molar-refractivity contribution >= 4 is 29.7 Å². The standard InChI is InChI=1S/C15H16FNO3S/c16-13-8-10(4-6-14(18)19)3-5-12(13)15(20)17-9-11-2-1-7-21-11/h3-6,8,11H,1-2,7,9H2,(H,17,20)(H,18,19)/b6-4+. The normalized spacial score (nSPS) is 18.0. The zero-order valence-corrected chi connectivity index (χ0v) is 12.2. The lowest BCUT2D eigenvalue weighted by Crippen LogP contribution is -2.30. The quantitative estimate of drug-likeness (QED) is 0.820. The van der Waals surface area contributed by atoms with Gasteiger partial charge in [-0.3, -0.25) is 4.79 Å². The number of hydrogen-bond acceptors (Lipinski definition) is 3. The molecule has 0 radical (unpaired) electrons. The summed E-state index contributed by atoms with van der Waals surface area (Å²) >= 11 is 1.82. The van der Waals surface area contributed by atoms with E-state index in [2.05, 4.69) is 5.32 Å². The number of benzene rings is 1. The SMILES string of the molecule is O=C(O)/C=C/c1ccc(C(=O)NCC2CCCS2)c(F)c1. The Morgan fingerprint density at radius 2 is 2.29 bits per heavy atom. The van der Waals surface area contributed by atoms with E-state index in [0.717, 1.165) is 30.7 Å². The molecule has 2 rings (SSSR count). The first-order valence-electron chi connectivity index (χ1n) is 6.66. The van der Waals surface area contributed by atoms with Crippen LogP contribution in [-0.2, 0) is 4.79 Å². The van der Waals surface area contributed by atoms with E-state index < -0.39 is 17.7 Å². The Kier molecular flexibility index (Phi) is 5.38. The first-order chi connectivity index (χ1) is 10.1. The van der Waals surface area contributed by atoms with Crippen LogP contribution < -0.4 is 5.32 Å². The molecule has 1 amide bonds. The third kappa shape index (κ3) is 4.60. The fraction of sp³-hybridized carbons (Fsp3) is 0.333. The van der Waals surface area contributed by atoms with E-state index >= 15 is 0 Å². The summed E-state index contributed by atoms with van der Waals surface area (Å²) in [4.78, 5) is 22.3. The largest absolute Gasteiger partial charge is 0.478 e. The Morgan fingerprint density at radius 3 is 2.90 bits per heavy atom. The highest BCUT2D eigenvalue weighted by Crippen LogP contribution is 2.25. The van der Waals surface area contributed by atoms with E-state index in [1.165, 1.54) is 18.2 Å². The highest BCUT2D eigenvalue weighted by atomic mass is 32.2. The Balaban J connectivity index is 1.98. The van der Waals surface area contributed by atoms with Crippen molar-refractivity contribution < 1.29 is 19.1 Å². The molecule has 112 valence electrons. The van der Waals surface area contributed by atoms with Crippen LogP contribution in [0, 0.1) is 5.82 Å². The molecule has 1 atom stereocenters. The molecule has 1 aliphatic heterocycles. The molecule has 6 heteroatoms. The fourth-order valence-corrected chi connectivity index (χ4v) is 3.29. The molecule has 1 unspecified atom stereocenters. The predicted octanol–water partition coefficient (Wildman–Crippen LogP) is 2.55. The van der Waals surface area contributed by atoms with Crippen molar-refractivity contribution in [3.05, 3.63) is 41.2 Å². The molecule has 0 aromatic heterocycles. The lowest BCUT2D eigenvalue weighted by atomic mass is 10.1. The third-order valence-corrected chi connectivity index (χ3v) is 4.57. The number of amides is 1. The van der Waals surface area contributed by atoms with Crippen molar-refractivity contribution in [2.75, 3.05) is 12.3 Å². The highest BCUT2D eigenvalue weighted by Gasteiger charge is 2.18. The van der Waals surface area contributed by atoms with Gasteiger partial charge in [0, 0.05) is 17.9 Å². The Hall–Kier alpha value is -1.82. The van der Waals surface area contributed by atoms with Crippen LogP contribution in [-0.4, -0.2) is 34.5 Å². The number of nitrogens with one attached hydrogen (secondary N) is 1. The minimum absolute atomic E-state index is 0.0227. The van der Waals surface area contributed by atoms with E-state index in [1.54, 1.807) is 0 Å². The van der Waals surface area contributed by atoms with Gasteiger partial charge in [0.2, 0.25) is 0 Å². The molecule has 0 saturated carbocycles. The molecular formula is C15H16FNO3S. The summed E-state index contributed by atoms with van der Waals surface area (Å²) in [5.41, 5.74) is 0.378. The number of carbonyl (C=O) groups excluding carboxylic acids is 1. The summed E-state index contributed by atoms with van der Waals surface area (Å²) < 4.78 is 13.9. The molecule has 0 aliphatic carbocycles. The summed E-state index contributed by atoms with van der Waals surface area (Å²) in [5.74, 6) is -1.08. The first kappa shape index (κ1) is 15.6. The average Bonchev–Trinajstić information content (AvgIpc) is 2.96. The molecule has 0 spiro atoms. The first-order valence-corrected chi connectivity index (χ1v) is 7.71. The smallest absolute Gasteiger partial charge is 0.328 e. The van der Waals surface area contributed by atoms with Crippen LogP contribution in [0.25, 0.3) is 6.08 Å². The van der Waals surface area contributed by atoms with Crippen molar-refractivity contribution in [1.82, 2.24) is 5.32 Å². The maximum atomic E-state index is 13.9. The molecule has 4 nitrogen and oxygen atoms in total. The zero-order chi connectivity index (χ0) is 15.2. The Labute approximate surface area is 126 Å². The molecular weight excluding hydrogens is 293 g/mol. The van der Waals surface area contributed by atoms with Gasteiger partial charge in [0.05, 0.1) is 5.56 Å². The van der Waals surface area contributed by atoms with E-state index in [0.29, 0.717) is 17.4 Å². The molecule has 1 aliphatic rings. The monoisotopic (exact) mass is 309 g/mol. The topological polar surface area (TPSA) is 66.4 Å². The number of rotatable bonds is 5. The maximum absolute atomic E-state index is 13.9. The molecule has 1 saturated heterocycles. The zero-order valence-electron chi connectivity index (χ0n) is 11.3. The van der Waals surface area contributed by atoms with Gasteiger partial charge in [-0.25, -0.2) is 9.18 Å². The number of aliphatic carboxylic acids is 1. The van der Waals surface area contributed by atoms with E-state index in [4.69, 9.17) is 5.11 Å². The molecule has 21 heavy (non-hydrogen) atoms. The van der Waals surface area contributed by atoms with E-state index in [1.807, 2.05) is 11.8 Å². The highest BCUT2D eigenvalue weighted by molar-refractivity contribution is 8.00. The molecule has 2 N–H and O–H groups in total. The van der Waals surface area contributed by atoms with Crippen LogP contribution in [0.2, 0.25) is 0 Å². The van der Waals surface area contributed by atoms with E-state index in [9.17, 15) is 14.0 Å². The Bertz CT molecular complexity index is 568. The molecule has 1 aromatic carbocycles. The van der Waals surface area contributed by atoms with Crippen LogP contribution in [0.4, 0.5) is 4.39 Å².